The molecule has 1 aliphatic carbocycles. The molecule has 2 heteroatoms. The van der Waals surface area contributed by atoms with Crippen molar-refractivity contribution in [3.8, 4) is 0 Å². The average molecular weight is 218 g/mol. The summed E-state index contributed by atoms with van der Waals surface area (Å²) in [5.41, 5.74) is 0. The van der Waals surface area contributed by atoms with Crippen LogP contribution in [0.3, 0.4) is 0 Å². The monoisotopic (exact) mass is 217 g/mol. The van der Waals surface area contributed by atoms with E-state index in [4.69, 9.17) is 0 Å². The number of rotatable bonds is 2. The molecular formula is C9H16BrN. The van der Waals surface area contributed by atoms with E-state index in [2.05, 4.69) is 20.8 Å². The van der Waals surface area contributed by atoms with Gasteiger partial charge in [-0.25, -0.2) is 0 Å². The van der Waals surface area contributed by atoms with Gasteiger partial charge in [0.1, 0.15) is 0 Å². The zero-order valence-electron chi connectivity index (χ0n) is 6.93. The molecule has 0 radical (unpaired) electrons. The fourth-order valence-electron chi connectivity index (χ4n) is 1.75. The highest BCUT2D eigenvalue weighted by atomic mass is 79.9. The van der Waals surface area contributed by atoms with Gasteiger partial charge < -0.3 is 4.90 Å². The minimum atomic E-state index is 0.804. The first-order valence-electron chi connectivity index (χ1n) is 4.71. The molecule has 0 atom stereocenters. The van der Waals surface area contributed by atoms with E-state index in [0.29, 0.717) is 0 Å². The molecule has 0 unspecified atom stereocenters. The molecule has 0 aromatic rings. The van der Waals surface area contributed by atoms with Crippen molar-refractivity contribution in [2.75, 3.05) is 19.6 Å². The summed E-state index contributed by atoms with van der Waals surface area (Å²) in [5, 5.41) is 0. The van der Waals surface area contributed by atoms with Gasteiger partial charge in [0.25, 0.3) is 0 Å². The van der Waals surface area contributed by atoms with Crippen molar-refractivity contribution in [1.82, 2.24) is 4.90 Å². The van der Waals surface area contributed by atoms with Gasteiger partial charge in [0.15, 0.2) is 0 Å². The number of halogens is 1. The third kappa shape index (κ3) is 2.45. The lowest BCUT2D eigenvalue weighted by atomic mass is 10.1. The zero-order chi connectivity index (χ0) is 7.68. The molecule has 1 saturated carbocycles. The van der Waals surface area contributed by atoms with E-state index in [1.807, 2.05) is 0 Å². The Bertz CT molecular complexity index is 126. The van der Waals surface area contributed by atoms with Crippen molar-refractivity contribution >= 4 is 15.9 Å². The summed E-state index contributed by atoms with van der Waals surface area (Å²) in [6, 6.07) is 0. The SMILES string of the molecule is BrC1CCN(CC2CC2)CC1. The molecule has 0 bridgehead atoms. The Morgan fingerprint density at radius 2 is 1.73 bits per heavy atom. The van der Waals surface area contributed by atoms with E-state index in [1.54, 1.807) is 0 Å². The number of alkyl halides is 1. The second kappa shape index (κ2) is 3.44. The van der Waals surface area contributed by atoms with Gasteiger partial charge >= 0.3 is 0 Å². The van der Waals surface area contributed by atoms with Gasteiger partial charge in [-0.1, -0.05) is 15.9 Å². The number of likely N-dealkylation sites (tertiary alicyclic amines) is 1. The topological polar surface area (TPSA) is 3.24 Å². The second-order valence-corrected chi connectivity index (χ2v) is 5.21. The van der Waals surface area contributed by atoms with Gasteiger partial charge in [-0.3, -0.25) is 0 Å². The number of hydrogen-bond acceptors (Lipinski definition) is 1. The van der Waals surface area contributed by atoms with Crippen molar-refractivity contribution in [2.24, 2.45) is 5.92 Å². The van der Waals surface area contributed by atoms with Gasteiger partial charge in [0, 0.05) is 11.4 Å². The van der Waals surface area contributed by atoms with Gasteiger partial charge in [-0.15, -0.1) is 0 Å². The molecule has 0 spiro atoms. The Labute approximate surface area is 77.3 Å². The molecule has 2 rings (SSSR count). The van der Waals surface area contributed by atoms with Crippen LogP contribution < -0.4 is 0 Å². The summed E-state index contributed by atoms with van der Waals surface area (Å²) in [4.78, 5) is 3.44. The molecule has 2 fully saturated rings. The van der Waals surface area contributed by atoms with Crippen LogP contribution in [0.5, 0.6) is 0 Å². The molecule has 0 N–H and O–H groups in total. The van der Waals surface area contributed by atoms with Gasteiger partial charge in [0.05, 0.1) is 0 Å². The molecular weight excluding hydrogens is 202 g/mol. The van der Waals surface area contributed by atoms with Gasteiger partial charge in [0.2, 0.25) is 0 Å². The molecule has 1 saturated heterocycles. The van der Waals surface area contributed by atoms with E-state index in [9.17, 15) is 0 Å². The van der Waals surface area contributed by atoms with Gasteiger partial charge in [-0.05, 0) is 44.7 Å². The van der Waals surface area contributed by atoms with Crippen LogP contribution in [-0.4, -0.2) is 29.4 Å². The van der Waals surface area contributed by atoms with Crippen molar-refractivity contribution in [3.63, 3.8) is 0 Å². The molecule has 0 aromatic heterocycles. The predicted octanol–water partition coefficient (Wildman–Crippen LogP) is 2.26. The van der Waals surface area contributed by atoms with E-state index >= 15 is 0 Å². The summed E-state index contributed by atoms with van der Waals surface area (Å²) >= 11 is 3.67. The highest BCUT2D eigenvalue weighted by Gasteiger charge is 2.26. The smallest absolute Gasteiger partial charge is 0.0170 e. The van der Waals surface area contributed by atoms with Crippen LogP contribution in [0.15, 0.2) is 0 Å². The minimum absolute atomic E-state index is 0.804. The van der Waals surface area contributed by atoms with Crippen molar-refractivity contribution in [2.45, 2.75) is 30.5 Å². The molecule has 1 aliphatic heterocycles. The first-order chi connectivity index (χ1) is 5.34. The number of hydrogen-bond donors (Lipinski definition) is 0. The van der Waals surface area contributed by atoms with Crippen LogP contribution in [0, 0.1) is 5.92 Å². The Kier molecular flexibility index (Phi) is 2.52. The second-order valence-electron chi connectivity index (χ2n) is 3.92. The van der Waals surface area contributed by atoms with Crippen LogP contribution in [0.2, 0.25) is 0 Å². The molecule has 1 nitrogen and oxygen atoms in total. The summed E-state index contributed by atoms with van der Waals surface area (Å²) in [6.07, 6.45) is 5.70. The number of nitrogens with zero attached hydrogens (tertiary/aromatic N) is 1. The molecule has 0 aromatic carbocycles. The maximum atomic E-state index is 3.67. The molecule has 1 heterocycles. The van der Waals surface area contributed by atoms with E-state index in [0.717, 1.165) is 10.7 Å². The van der Waals surface area contributed by atoms with Crippen LogP contribution in [0.25, 0.3) is 0 Å². The van der Waals surface area contributed by atoms with Crippen LogP contribution in [0.4, 0.5) is 0 Å². The molecule has 2 aliphatic rings. The lowest BCUT2D eigenvalue weighted by molar-refractivity contribution is 0.225. The molecule has 0 amide bonds. The Morgan fingerprint density at radius 1 is 1.09 bits per heavy atom. The van der Waals surface area contributed by atoms with E-state index in [-0.39, 0.29) is 0 Å². The Hall–Kier alpha value is 0.440. The fourth-order valence-corrected chi connectivity index (χ4v) is 2.16. The summed E-state index contributed by atoms with van der Waals surface area (Å²) in [5.74, 6) is 1.07. The van der Waals surface area contributed by atoms with E-state index < -0.39 is 0 Å². The first-order valence-corrected chi connectivity index (χ1v) is 5.62. The van der Waals surface area contributed by atoms with Gasteiger partial charge in [-0.2, -0.15) is 0 Å². The maximum absolute atomic E-state index is 3.67. The standard InChI is InChI=1S/C9H16BrN/c10-9-3-5-11(6-4-9)7-8-1-2-8/h8-9H,1-7H2. The third-order valence-corrected chi connectivity index (χ3v) is 3.65. The van der Waals surface area contributed by atoms with E-state index in [1.165, 1.54) is 45.3 Å². The lowest BCUT2D eigenvalue weighted by Crippen LogP contribution is -2.35. The normalized spacial score (nSPS) is 29.2. The quantitative estimate of drug-likeness (QED) is 0.642. The van der Waals surface area contributed by atoms with Crippen LogP contribution in [0.1, 0.15) is 25.7 Å². The first kappa shape index (κ1) is 8.06. The van der Waals surface area contributed by atoms with Crippen molar-refractivity contribution in [1.29, 1.82) is 0 Å². The fraction of sp³-hybridized carbons (Fsp3) is 1.00. The lowest BCUT2D eigenvalue weighted by Gasteiger charge is -2.29. The molecule has 64 valence electrons. The zero-order valence-corrected chi connectivity index (χ0v) is 8.52. The van der Waals surface area contributed by atoms with Crippen LogP contribution >= 0.6 is 15.9 Å². The minimum Gasteiger partial charge on any atom is -0.303 e. The highest BCUT2D eigenvalue weighted by molar-refractivity contribution is 9.09. The summed E-state index contributed by atoms with van der Waals surface area (Å²) in [6.45, 7) is 4.04. The van der Waals surface area contributed by atoms with Crippen LogP contribution in [-0.2, 0) is 0 Å². The van der Waals surface area contributed by atoms with Crippen molar-refractivity contribution < 1.29 is 0 Å². The highest BCUT2D eigenvalue weighted by Crippen LogP contribution is 2.31. The maximum Gasteiger partial charge on any atom is 0.0170 e. The third-order valence-electron chi connectivity index (χ3n) is 2.73. The summed E-state index contributed by atoms with van der Waals surface area (Å²) < 4.78 is 0. The number of piperidine rings is 1. The largest absolute Gasteiger partial charge is 0.303 e. The molecule has 11 heavy (non-hydrogen) atoms. The summed E-state index contributed by atoms with van der Waals surface area (Å²) in [7, 11) is 0. The van der Waals surface area contributed by atoms with Crippen molar-refractivity contribution in [3.05, 3.63) is 0 Å². The Balaban J connectivity index is 1.69. The average Bonchev–Trinajstić information content (AvgIpc) is 2.78. The Morgan fingerprint density at radius 3 is 2.27 bits per heavy atom. The predicted molar refractivity (Wildman–Crippen MR) is 51.1 cm³/mol.